The molecule has 0 fully saturated rings. The fourth-order valence-electron chi connectivity index (χ4n) is 3.23. The Morgan fingerprint density at radius 2 is 2.10 bits per heavy atom. The summed E-state index contributed by atoms with van der Waals surface area (Å²) in [7, 11) is 0. The highest BCUT2D eigenvalue weighted by Crippen LogP contribution is 2.25. The van der Waals surface area contributed by atoms with E-state index < -0.39 is 0 Å². The van der Waals surface area contributed by atoms with Crippen LogP contribution in [0.2, 0.25) is 0 Å². The summed E-state index contributed by atoms with van der Waals surface area (Å²) in [6.45, 7) is 4.11. The Bertz CT molecular complexity index is 1170. The van der Waals surface area contributed by atoms with Gasteiger partial charge in [0.2, 0.25) is 0 Å². The van der Waals surface area contributed by atoms with Gasteiger partial charge >= 0.3 is 0 Å². The van der Waals surface area contributed by atoms with Crippen LogP contribution in [0, 0.1) is 6.92 Å². The minimum atomic E-state index is -0.290. The number of fused-ring (bicyclic) bond motifs is 1. The molecule has 0 aliphatic heterocycles. The van der Waals surface area contributed by atoms with E-state index in [4.69, 9.17) is 9.26 Å². The van der Waals surface area contributed by atoms with Crippen LogP contribution in [0.5, 0.6) is 5.75 Å². The van der Waals surface area contributed by atoms with E-state index in [1.165, 1.54) is 0 Å². The molecule has 4 rings (SSSR count). The molecule has 1 atom stereocenters. The highest BCUT2D eigenvalue weighted by molar-refractivity contribution is 5.92. The van der Waals surface area contributed by atoms with Gasteiger partial charge in [-0.15, -0.1) is 0 Å². The van der Waals surface area contributed by atoms with Gasteiger partial charge in [0.15, 0.2) is 11.5 Å². The van der Waals surface area contributed by atoms with Crippen LogP contribution in [-0.2, 0) is 13.0 Å². The summed E-state index contributed by atoms with van der Waals surface area (Å²) in [6, 6.07) is 13.1. The molecule has 1 amide bonds. The van der Waals surface area contributed by atoms with Gasteiger partial charge in [-0.2, -0.15) is 0 Å². The van der Waals surface area contributed by atoms with Crippen LogP contribution < -0.4 is 10.1 Å². The number of aromatic nitrogens is 3. The number of pyridine rings is 2. The van der Waals surface area contributed by atoms with Gasteiger partial charge in [0.05, 0.1) is 0 Å². The highest BCUT2D eigenvalue weighted by atomic mass is 16.5. The molecule has 0 saturated heterocycles. The van der Waals surface area contributed by atoms with Crippen LogP contribution in [0.4, 0.5) is 0 Å². The Hall–Kier alpha value is -3.74. The molecule has 0 saturated carbocycles. The molecular weight excluding hydrogens is 380 g/mol. The number of carbonyl (C=O) groups excluding carboxylic acids is 1. The summed E-state index contributed by atoms with van der Waals surface area (Å²) >= 11 is 0. The maximum absolute atomic E-state index is 12.5. The smallest absolute Gasteiger partial charge is 0.273 e. The molecule has 3 heterocycles. The molecule has 7 heteroatoms. The minimum absolute atomic E-state index is 0.0909. The van der Waals surface area contributed by atoms with E-state index in [1.807, 2.05) is 50.2 Å². The second-order valence-electron chi connectivity index (χ2n) is 7.17. The zero-order valence-electron chi connectivity index (χ0n) is 16.8. The van der Waals surface area contributed by atoms with Gasteiger partial charge in [-0.25, -0.2) is 0 Å². The molecule has 0 aliphatic carbocycles. The van der Waals surface area contributed by atoms with E-state index in [9.17, 15) is 4.79 Å². The first-order chi connectivity index (χ1) is 14.6. The van der Waals surface area contributed by atoms with Crippen LogP contribution >= 0.6 is 0 Å². The van der Waals surface area contributed by atoms with Crippen LogP contribution in [-0.4, -0.2) is 27.1 Å². The lowest BCUT2D eigenvalue weighted by Crippen LogP contribution is -2.34. The Labute approximate surface area is 174 Å². The topological polar surface area (TPSA) is 90.1 Å². The Morgan fingerprint density at radius 1 is 1.20 bits per heavy atom. The summed E-state index contributed by atoms with van der Waals surface area (Å²) in [4.78, 5) is 21.0. The van der Waals surface area contributed by atoms with Crippen molar-refractivity contribution >= 4 is 16.7 Å². The SMILES string of the molecule is Cc1cccnc1CC(C)NC(=O)c1cc(COc2cccc3cnccc23)on1. The lowest BCUT2D eigenvalue weighted by molar-refractivity contribution is 0.0930. The number of nitrogens with one attached hydrogen (secondary N) is 1. The molecule has 30 heavy (non-hydrogen) atoms. The summed E-state index contributed by atoms with van der Waals surface area (Å²) < 4.78 is 11.1. The predicted octanol–water partition coefficient (Wildman–Crippen LogP) is 3.87. The number of hydrogen-bond donors (Lipinski definition) is 1. The fraction of sp³-hybridized carbons (Fsp3) is 0.217. The molecule has 0 aliphatic rings. The van der Waals surface area contributed by atoms with E-state index in [-0.39, 0.29) is 24.2 Å². The number of amides is 1. The van der Waals surface area contributed by atoms with Crippen molar-refractivity contribution in [2.75, 3.05) is 0 Å². The highest BCUT2D eigenvalue weighted by Gasteiger charge is 2.16. The van der Waals surface area contributed by atoms with Gasteiger partial charge in [0, 0.05) is 53.6 Å². The van der Waals surface area contributed by atoms with Crippen molar-refractivity contribution in [3.05, 3.63) is 83.8 Å². The zero-order chi connectivity index (χ0) is 20.9. The van der Waals surface area contributed by atoms with Crippen LogP contribution in [0.1, 0.15) is 34.4 Å². The second kappa shape index (κ2) is 8.73. The van der Waals surface area contributed by atoms with E-state index in [0.717, 1.165) is 27.8 Å². The molecule has 152 valence electrons. The summed E-state index contributed by atoms with van der Waals surface area (Å²) in [5.41, 5.74) is 2.29. The van der Waals surface area contributed by atoms with Crippen molar-refractivity contribution in [3.63, 3.8) is 0 Å². The first kappa shape index (κ1) is 19.6. The maximum atomic E-state index is 12.5. The molecule has 0 spiro atoms. The molecular formula is C23H22N4O3. The quantitative estimate of drug-likeness (QED) is 0.505. The number of benzene rings is 1. The molecule has 0 radical (unpaired) electrons. The van der Waals surface area contributed by atoms with Gasteiger partial charge < -0.3 is 14.6 Å². The monoisotopic (exact) mass is 402 g/mol. The van der Waals surface area contributed by atoms with Crippen LogP contribution in [0.25, 0.3) is 10.8 Å². The first-order valence-corrected chi connectivity index (χ1v) is 9.72. The normalized spacial score (nSPS) is 11.9. The minimum Gasteiger partial charge on any atom is -0.485 e. The third-order valence-corrected chi connectivity index (χ3v) is 4.80. The molecule has 4 aromatic rings. The van der Waals surface area contributed by atoms with Gasteiger partial charge in [-0.3, -0.25) is 14.8 Å². The number of hydrogen-bond acceptors (Lipinski definition) is 6. The van der Waals surface area contributed by atoms with Gasteiger partial charge in [0.25, 0.3) is 5.91 Å². The Balaban J connectivity index is 1.36. The van der Waals surface area contributed by atoms with Crippen molar-refractivity contribution in [2.24, 2.45) is 0 Å². The first-order valence-electron chi connectivity index (χ1n) is 9.72. The van der Waals surface area contributed by atoms with Crippen molar-refractivity contribution in [3.8, 4) is 5.75 Å². The average molecular weight is 402 g/mol. The lowest BCUT2D eigenvalue weighted by atomic mass is 10.1. The molecule has 7 nitrogen and oxygen atoms in total. The van der Waals surface area contributed by atoms with E-state index in [2.05, 4.69) is 20.4 Å². The Morgan fingerprint density at radius 3 is 2.97 bits per heavy atom. The molecule has 0 bridgehead atoms. The second-order valence-corrected chi connectivity index (χ2v) is 7.17. The lowest BCUT2D eigenvalue weighted by Gasteiger charge is -2.13. The maximum Gasteiger partial charge on any atom is 0.273 e. The van der Waals surface area contributed by atoms with Crippen LogP contribution in [0.3, 0.4) is 0 Å². The summed E-state index contributed by atoms with van der Waals surface area (Å²) in [6.07, 6.45) is 5.90. The largest absolute Gasteiger partial charge is 0.485 e. The number of rotatable bonds is 7. The van der Waals surface area contributed by atoms with Crippen molar-refractivity contribution in [1.29, 1.82) is 0 Å². The van der Waals surface area contributed by atoms with Gasteiger partial charge in [0.1, 0.15) is 12.4 Å². The predicted molar refractivity (Wildman–Crippen MR) is 112 cm³/mol. The van der Waals surface area contributed by atoms with E-state index in [0.29, 0.717) is 12.2 Å². The summed E-state index contributed by atoms with van der Waals surface area (Å²) in [5, 5.41) is 8.76. The van der Waals surface area contributed by atoms with Gasteiger partial charge in [-0.1, -0.05) is 23.4 Å². The molecule has 3 aromatic heterocycles. The standard InChI is InChI=1S/C23H22N4O3/c1-15-5-4-9-25-20(15)11-16(2)26-23(28)21-12-18(30-27-21)14-29-22-7-3-6-17-13-24-10-8-19(17)22/h3-10,12-13,16H,11,14H2,1-2H3,(H,26,28). The van der Waals surface area contributed by atoms with Crippen molar-refractivity contribution in [1.82, 2.24) is 20.4 Å². The average Bonchev–Trinajstić information content (AvgIpc) is 3.23. The zero-order valence-corrected chi connectivity index (χ0v) is 16.8. The van der Waals surface area contributed by atoms with Crippen LogP contribution in [0.15, 0.2) is 65.6 Å². The van der Waals surface area contributed by atoms with Gasteiger partial charge in [-0.05, 0) is 37.6 Å². The number of aryl methyl sites for hydroxylation is 1. The van der Waals surface area contributed by atoms with E-state index >= 15 is 0 Å². The van der Waals surface area contributed by atoms with Crippen molar-refractivity contribution in [2.45, 2.75) is 32.9 Å². The molecule has 1 unspecified atom stereocenters. The molecule has 1 N–H and O–H groups in total. The fourth-order valence-corrected chi connectivity index (χ4v) is 3.23. The third-order valence-electron chi connectivity index (χ3n) is 4.80. The third kappa shape index (κ3) is 4.46. The van der Waals surface area contributed by atoms with Crippen molar-refractivity contribution < 1.29 is 14.1 Å². The Kier molecular flexibility index (Phi) is 5.70. The number of nitrogens with zero attached hydrogens (tertiary/aromatic N) is 3. The summed E-state index contributed by atoms with van der Waals surface area (Å²) in [5.74, 6) is 0.901. The van der Waals surface area contributed by atoms with E-state index in [1.54, 1.807) is 24.7 Å². The number of ether oxygens (including phenoxy) is 1. The molecule has 1 aromatic carbocycles. The number of carbonyl (C=O) groups is 1.